The summed E-state index contributed by atoms with van der Waals surface area (Å²) in [4.78, 5) is 2.45. The Morgan fingerprint density at radius 2 is 2.11 bits per heavy atom. The maximum atomic E-state index is 4.26. The molecule has 4 nitrogen and oxygen atoms in total. The molecule has 0 radical (unpaired) electrons. The third kappa shape index (κ3) is 3.00. The summed E-state index contributed by atoms with van der Waals surface area (Å²) in [6.45, 7) is 0. The molecule has 1 heterocycles. The van der Waals surface area contributed by atoms with Crippen molar-refractivity contribution in [3.8, 4) is 0 Å². The minimum atomic E-state index is 0.344. The molecule has 0 saturated heterocycles. The average molecular weight is 264 g/mol. The van der Waals surface area contributed by atoms with E-state index >= 15 is 0 Å². The van der Waals surface area contributed by atoms with Gasteiger partial charge in [0.05, 0.1) is 6.20 Å². The molecule has 1 aliphatic rings. The number of nitrogens with one attached hydrogen (secondary N) is 1. The van der Waals surface area contributed by atoms with Crippen LogP contribution in [0.5, 0.6) is 0 Å². The molecule has 1 aromatic rings. The Bertz CT molecular complexity index is 391. The summed E-state index contributed by atoms with van der Waals surface area (Å²) in [5.41, 5.74) is 1.69. The summed E-state index contributed by atoms with van der Waals surface area (Å²) in [6, 6.07) is 0.560. The Hall–Kier alpha value is -0.870. The molecule has 0 aliphatic heterocycles. The van der Waals surface area contributed by atoms with Crippen LogP contribution in [0.15, 0.2) is 12.4 Å². The third-order valence-electron chi connectivity index (χ3n) is 4.84. The molecule has 1 N–H and O–H groups in total. The first-order chi connectivity index (χ1) is 9.08. The zero-order valence-electron chi connectivity index (χ0n) is 12.8. The van der Waals surface area contributed by atoms with Crippen molar-refractivity contribution in [1.82, 2.24) is 20.0 Å². The summed E-state index contributed by atoms with van der Waals surface area (Å²) >= 11 is 0. The summed E-state index contributed by atoms with van der Waals surface area (Å²) < 4.78 is 1.89. The van der Waals surface area contributed by atoms with Crippen LogP contribution < -0.4 is 5.32 Å². The Kier molecular flexibility index (Phi) is 4.63. The second-order valence-electron chi connectivity index (χ2n) is 6.11. The first kappa shape index (κ1) is 14.5. The second kappa shape index (κ2) is 6.06. The van der Waals surface area contributed by atoms with Gasteiger partial charge in [-0.1, -0.05) is 12.8 Å². The van der Waals surface area contributed by atoms with E-state index in [0.29, 0.717) is 11.6 Å². The van der Waals surface area contributed by atoms with Crippen LogP contribution in [-0.4, -0.2) is 47.4 Å². The van der Waals surface area contributed by atoms with E-state index in [9.17, 15) is 0 Å². The minimum Gasteiger partial charge on any atom is -0.315 e. The van der Waals surface area contributed by atoms with Gasteiger partial charge in [0.15, 0.2) is 0 Å². The molecular formula is C15H28N4. The van der Waals surface area contributed by atoms with E-state index in [-0.39, 0.29) is 0 Å². The van der Waals surface area contributed by atoms with Crippen molar-refractivity contribution in [3.63, 3.8) is 0 Å². The molecule has 108 valence electrons. The highest BCUT2D eigenvalue weighted by molar-refractivity contribution is 5.07. The smallest absolute Gasteiger partial charge is 0.0521 e. The van der Waals surface area contributed by atoms with Crippen LogP contribution in [-0.2, 0) is 13.5 Å². The van der Waals surface area contributed by atoms with Gasteiger partial charge >= 0.3 is 0 Å². The fourth-order valence-electron chi connectivity index (χ4n) is 3.69. The molecule has 4 heteroatoms. The van der Waals surface area contributed by atoms with Gasteiger partial charge in [-0.05, 0) is 52.4 Å². The van der Waals surface area contributed by atoms with E-state index in [1.165, 1.54) is 37.7 Å². The van der Waals surface area contributed by atoms with Crippen molar-refractivity contribution < 1.29 is 0 Å². The predicted molar refractivity (Wildman–Crippen MR) is 79.3 cm³/mol. The maximum absolute atomic E-state index is 4.26. The first-order valence-electron chi connectivity index (χ1n) is 7.41. The minimum absolute atomic E-state index is 0.344. The molecule has 0 spiro atoms. The van der Waals surface area contributed by atoms with Crippen LogP contribution in [0, 0.1) is 0 Å². The number of nitrogens with zero attached hydrogens (tertiary/aromatic N) is 3. The van der Waals surface area contributed by atoms with Crippen molar-refractivity contribution >= 4 is 0 Å². The molecule has 0 aromatic carbocycles. The summed E-state index contributed by atoms with van der Waals surface area (Å²) in [6.07, 6.45) is 11.8. The van der Waals surface area contributed by atoms with Gasteiger partial charge in [0.2, 0.25) is 0 Å². The van der Waals surface area contributed by atoms with Gasteiger partial charge in [-0.2, -0.15) is 5.10 Å². The van der Waals surface area contributed by atoms with Gasteiger partial charge in [-0.3, -0.25) is 4.68 Å². The van der Waals surface area contributed by atoms with Crippen molar-refractivity contribution in [2.75, 3.05) is 21.1 Å². The van der Waals surface area contributed by atoms with Crippen molar-refractivity contribution in [2.45, 2.75) is 50.1 Å². The van der Waals surface area contributed by atoms with Crippen molar-refractivity contribution in [2.24, 2.45) is 7.05 Å². The predicted octanol–water partition coefficient (Wildman–Crippen LogP) is 1.82. The largest absolute Gasteiger partial charge is 0.315 e. The fraction of sp³-hybridized carbons (Fsp3) is 0.800. The van der Waals surface area contributed by atoms with Gasteiger partial charge in [0, 0.05) is 24.8 Å². The Labute approximate surface area is 117 Å². The number of hydrogen-bond donors (Lipinski definition) is 1. The summed E-state index contributed by atoms with van der Waals surface area (Å²) in [5.74, 6) is 0. The molecule has 19 heavy (non-hydrogen) atoms. The van der Waals surface area contributed by atoms with E-state index in [1.54, 1.807) is 0 Å². The Balaban J connectivity index is 2.02. The molecular weight excluding hydrogens is 236 g/mol. The van der Waals surface area contributed by atoms with Gasteiger partial charge in [0.25, 0.3) is 0 Å². The molecule has 1 fully saturated rings. The maximum Gasteiger partial charge on any atom is 0.0521 e. The second-order valence-corrected chi connectivity index (χ2v) is 6.11. The standard InChI is InChI=1S/C15H28N4/c1-16-14(8-7-13-11-17-19(4)12-13)15(18(2)3)9-5-6-10-15/h11-12,14,16H,5-10H2,1-4H3. The van der Waals surface area contributed by atoms with E-state index in [2.05, 4.69) is 42.7 Å². The summed E-state index contributed by atoms with van der Waals surface area (Å²) in [7, 11) is 8.56. The Morgan fingerprint density at radius 3 is 2.58 bits per heavy atom. The zero-order chi connectivity index (χ0) is 13.9. The average Bonchev–Trinajstić information content (AvgIpc) is 3.00. The van der Waals surface area contributed by atoms with Crippen LogP contribution in [0.4, 0.5) is 0 Å². The van der Waals surface area contributed by atoms with E-state index in [0.717, 1.165) is 6.42 Å². The normalized spacial score (nSPS) is 20.1. The lowest BCUT2D eigenvalue weighted by molar-refractivity contribution is 0.104. The molecule has 2 rings (SSSR count). The highest BCUT2D eigenvalue weighted by atomic mass is 15.2. The highest BCUT2D eigenvalue weighted by Crippen LogP contribution is 2.38. The molecule has 1 aromatic heterocycles. The van der Waals surface area contributed by atoms with Gasteiger partial charge in [-0.15, -0.1) is 0 Å². The van der Waals surface area contributed by atoms with Crippen LogP contribution >= 0.6 is 0 Å². The number of aromatic nitrogens is 2. The Morgan fingerprint density at radius 1 is 1.42 bits per heavy atom. The SMILES string of the molecule is CNC(CCc1cnn(C)c1)C1(N(C)C)CCCC1. The molecule has 0 bridgehead atoms. The van der Waals surface area contributed by atoms with Crippen molar-refractivity contribution in [3.05, 3.63) is 18.0 Å². The molecule has 1 unspecified atom stereocenters. The third-order valence-corrected chi connectivity index (χ3v) is 4.84. The van der Waals surface area contributed by atoms with Crippen LogP contribution in [0.1, 0.15) is 37.7 Å². The lowest BCUT2D eigenvalue weighted by Gasteiger charge is -2.43. The van der Waals surface area contributed by atoms with Gasteiger partial charge < -0.3 is 10.2 Å². The van der Waals surface area contributed by atoms with Crippen LogP contribution in [0.3, 0.4) is 0 Å². The van der Waals surface area contributed by atoms with Crippen LogP contribution in [0.25, 0.3) is 0 Å². The topological polar surface area (TPSA) is 33.1 Å². The monoisotopic (exact) mass is 264 g/mol. The van der Waals surface area contributed by atoms with Crippen molar-refractivity contribution in [1.29, 1.82) is 0 Å². The number of likely N-dealkylation sites (N-methyl/N-ethyl adjacent to an activating group) is 2. The zero-order valence-corrected chi connectivity index (χ0v) is 12.8. The molecule has 0 amide bonds. The molecule has 1 atom stereocenters. The lowest BCUT2D eigenvalue weighted by Crippen LogP contribution is -2.56. The van der Waals surface area contributed by atoms with Gasteiger partial charge in [-0.25, -0.2) is 0 Å². The lowest BCUT2D eigenvalue weighted by atomic mass is 9.83. The van der Waals surface area contributed by atoms with Crippen LogP contribution in [0.2, 0.25) is 0 Å². The number of aryl methyl sites for hydroxylation is 2. The van der Waals surface area contributed by atoms with E-state index < -0.39 is 0 Å². The van der Waals surface area contributed by atoms with E-state index in [1.807, 2.05) is 17.9 Å². The quantitative estimate of drug-likeness (QED) is 0.851. The van der Waals surface area contributed by atoms with E-state index in [4.69, 9.17) is 0 Å². The highest BCUT2D eigenvalue weighted by Gasteiger charge is 2.42. The number of rotatable bonds is 6. The molecule has 1 saturated carbocycles. The summed E-state index contributed by atoms with van der Waals surface area (Å²) in [5, 5.41) is 7.83. The number of hydrogen-bond acceptors (Lipinski definition) is 3. The first-order valence-corrected chi connectivity index (χ1v) is 7.41. The molecule has 1 aliphatic carbocycles. The fourth-order valence-corrected chi connectivity index (χ4v) is 3.69. The van der Waals surface area contributed by atoms with Gasteiger partial charge in [0.1, 0.15) is 0 Å².